The summed E-state index contributed by atoms with van der Waals surface area (Å²) in [6.45, 7) is 1.48. The highest BCUT2D eigenvalue weighted by Gasteiger charge is 2.09. The van der Waals surface area contributed by atoms with E-state index in [2.05, 4.69) is 4.98 Å². The molecule has 0 saturated carbocycles. The molecule has 1 heterocycles. The predicted octanol–water partition coefficient (Wildman–Crippen LogP) is 0.604. The summed E-state index contributed by atoms with van der Waals surface area (Å²) in [7, 11) is 0. The Hall–Kier alpha value is -1.09. The van der Waals surface area contributed by atoms with Crippen LogP contribution in [-0.2, 0) is 4.79 Å². The van der Waals surface area contributed by atoms with Crippen LogP contribution >= 0.6 is 0 Å². The number of nitrogens with two attached hydrogens (primary N) is 1. The van der Waals surface area contributed by atoms with Crippen molar-refractivity contribution in [3.63, 3.8) is 0 Å². The average Bonchev–Trinajstić information content (AvgIpc) is 2.36. The zero-order chi connectivity index (χ0) is 7.56. The smallest absolute Gasteiger partial charge is 0.152 e. The molecule has 1 atom stereocenters. The van der Waals surface area contributed by atoms with Gasteiger partial charge >= 0.3 is 0 Å². The molecule has 0 aliphatic rings. The molecule has 0 spiro atoms. The summed E-state index contributed by atoms with van der Waals surface area (Å²) in [5.41, 5.74) is 6.27. The Kier molecular flexibility index (Phi) is 1.87. The Morgan fingerprint density at radius 1 is 1.80 bits per heavy atom. The number of nitrogens with one attached hydrogen (secondary N) is 1. The second-order valence-electron chi connectivity index (χ2n) is 2.21. The topological polar surface area (TPSA) is 58.9 Å². The Morgan fingerprint density at radius 3 is 2.90 bits per heavy atom. The maximum atomic E-state index is 10.7. The van der Waals surface area contributed by atoms with Gasteiger partial charge in [0, 0.05) is 11.9 Å². The van der Waals surface area contributed by atoms with Crippen LogP contribution in [0.3, 0.4) is 0 Å². The highest BCUT2D eigenvalue weighted by Crippen LogP contribution is 2.06. The molecule has 0 radical (unpaired) electrons. The van der Waals surface area contributed by atoms with Gasteiger partial charge in [-0.05, 0) is 19.1 Å². The van der Waals surface area contributed by atoms with Crippen molar-refractivity contribution in [2.45, 2.75) is 13.0 Å². The van der Waals surface area contributed by atoms with Crippen molar-refractivity contribution in [2.75, 3.05) is 0 Å². The lowest BCUT2D eigenvalue weighted by Crippen LogP contribution is -2.18. The van der Waals surface area contributed by atoms with Crippen molar-refractivity contribution >= 4 is 5.78 Å². The van der Waals surface area contributed by atoms with E-state index >= 15 is 0 Å². The number of hydrogen-bond donors (Lipinski definition) is 2. The minimum Gasteiger partial charge on any atom is -0.363 e. The summed E-state index contributed by atoms with van der Waals surface area (Å²) in [6, 6.07) is 3.12. The molecule has 1 aromatic heterocycles. The molecule has 1 unspecified atom stereocenters. The molecule has 3 N–H and O–H groups in total. The molecule has 0 aliphatic heterocycles. The van der Waals surface area contributed by atoms with Gasteiger partial charge in [0.15, 0.2) is 5.78 Å². The lowest BCUT2D eigenvalue weighted by Gasteiger charge is -2.02. The molecule has 0 aromatic carbocycles. The fraction of sp³-hybridized carbons (Fsp3) is 0.286. The fourth-order valence-corrected chi connectivity index (χ4v) is 0.757. The van der Waals surface area contributed by atoms with Gasteiger partial charge in [0.2, 0.25) is 0 Å². The first-order valence-corrected chi connectivity index (χ1v) is 3.11. The Morgan fingerprint density at radius 2 is 2.50 bits per heavy atom. The van der Waals surface area contributed by atoms with Crippen LogP contribution in [0.1, 0.15) is 18.7 Å². The van der Waals surface area contributed by atoms with E-state index in [0.717, 1.165) is 5.69 Å². The van der Waals surface area contributed by atoms with Gasteiger partial charge in [0.05, 0.1) is 0 Å². The number of hydrogen-bond acceptors (Lipinski definition) is 2. The first-order valence-electron chi connectivity index (χ1n) is 3.11. The quantitative estimate of drug-likeness (QED) is 0.628. The van der Waals surface area contributed by atoms with E-state index < -0.39 is 6.04 Å². The van der Waals surface area contributed by atoms with Gasteiger partial charge in [0.1, 0.15) is 6.04 Å². The molecular weight excluding hydrogens is 128 g/mol. The minimum absolute atomic E-state index is 0.0255. The van der Waals surface area contributed by atoms with Gasteiger partial charge < -0.3 is 10.7 Å². The van der Waals surface area contributed by atoms with E-state index in [4.69, 9.17) is 5.73 Å². The summed E-state index contributed by atoms with van der Waals surface area (Å²) >= 11 is 0. The number of carbonyl (C=O) groups excluding carboxylic acids is 1. The molecule has 3 heteroatoms. The van der Waals surface area contributed by atoms with Gasteiger partial charge in [-0.1, -0.05) is 0 Å². The number of aromatic amines is 1. The second kappa shape index (κ2) is 2.66. The molecule has 0 aliphatic carbocycles. The molecule has 0 saturated heterocycles. The molecule has 1 aromatic rings. The van der Waals surface area contributed by atoms with Crippen molar-refractivity contribution < 1.29 is 4.79 Å². The third kappa shape index (κ3) is 1.25. The van der Waals surface area contributed by atoms with Crippen molar-refractivity contribution in [1.82, 2.24) is 4.98 Å². The molecule has 0 amide bonds. The van der Waals surface area contributed by atoms with E-state index in [1.807, 2.05) is 6.07 Å². The largest absolute Gasteiger partial charge is 0.363 e. The van der Waals surface area contributed by atoms with Crippen molar-refractivity contribution in [2.24, 2.45) is 5.73 Å². The molecule has 0 fully saturated rings. The molecule has 1 rings (SSSR count). The van der Waals surface area contributed by atoms with Crippen LogP contribution < -0.4 is 5.73 Å². The van der Waals surface area contributed by atoms with Crippen LogP contribution in [0.25, 0.3) is 0 Å². The molecule has 54 valence electrons. The SMILES string of the molecule is CC(=O)C(N)c1ccc[nH]1. The second-order valence-corrected chi connectivity index (χ2v) is 2.21. The number of rotatable bonds is 2. The van der Waals surface area contributed by atoms with Crippen LogP contribution in [0, 0.1) is 0 Å². The highest BCUT2D eigenvalue weighted by atomic mass is 16.1. The zero-order valence-corrected chi connectivity index (χ0v) is 5.79. The average molecular weight is 138 g/mol. The lowest BCUT2D eigenvalue weighted by atomic mass is 10.1. The van der Waals surface area contributed by atoms with E-state index in [1.165, 1.54) is 6.92 Å². The van der Waals surface area contributed by atoms with Gasteiger partial charge in [-0.25, -0.2) is 0 Å². The summed E-state index contributed by atoms with van der Waals surface area (Å²) in [5, 5.41) is 0. The zero-order valence-electron chi connectivity index (χ0n) is 5.79. The molecule has 3 nitrogen and oxygen atoms in total. The first-order chi connectivity index (χ1) is 4.72. The first kappa shape index (κ1) is 7.02. The maximum absolute atomic E-state index is 10.7. The van der Waals surface area contributed by atoms with Crippen LogP contribution in [-0.4, -0.2) is 10.8 Å². The third-order valence-corrected chi connectivity index (χ3v) is 1.40. The monoisotopic (exact) mass is 138 g/mol. The Bertz CT molecular complexity index is 216. The molecular formula is C7H10N2O. The number of H-pyrrole nitrogens is 1. The normalized spacial score (nSPS) is 13.0. The van der Waals surface area contributed by atoms with Crippen LogP contribution in [0.5, 0.6) is 0 Å². The maximum Gasteiger partial charge on any atom is 0.152 e. The minimum atomic E-state index is -0.491. The van der Waals surface area contributed by atoms with E-state index in [0.29, 0.717) is 0 Å². The highest BCUT2D eigenvalue weighted by molar-refractivity contribution is 5.82. The van der Waals surface area contributed by atoms with Gasteiger partial charge in [-0.3, -0.25) is 4.79 Å². The van der Waals surface area contributed by atoms with Gasteiger partial charge in [0.25, 0.3) is 0 Å². The van der Waals surface area contributed by atoms with Crippen LogP contribution in [0.4, 0.5) is 0 Å². The molecule has 0 bridgehead atoms. The molecule has 10 heavy (non-hydrogen) atoms. The lowest BCUT2D eigenvalue weighted by molar-refractivity contribution is -0.118. The predicted molar refractivity (Wildman–Crippen MR) is 38.4 cm³/mol. The van der Waals surface area contributed by atoms with E-state index in [-0.39, 0.29) is 5.78 Å². The number of ketones is 1. The van der Waals surface area contributed by atoms with Crippen LogP contribution in [0.15, 0.2) is 18.3 Å². The van der Waals surface area contributed by atoms with Crippen molar-refractivity contribution in [3.05, 3.63) is 24.0 Å². The van der Waals surface area contributed by atoms with Crippen molar-refractivity contribution in [1.29, 1.82) is 0 Å². The summed E-state index contributed by atoms with van der Waals surface area (Å²) in [6.07, 6.45) is 1.75. The number of aromatic nitrogens is 1. The Balaban J connectivity index is 2.77. The Labute approximate surface area is 59.2 Å². The summed E-state index contributed by atoms with van der Waals surface area (Å²) in [4.78, 5) is 13.6. The van der Waals surface area contributed by atoms with E-state index in [1.54, 1.807) is 12.3 Å². The summed E-state index contributed by atoms with van der Waals surface area (Å²) < 4.78 is 0. The fourth-order valence-electron chi connectivity index (χ4n) is 0.757. The number of Topliss-reactive ketones (excluding diaryl/α,β-unsaturated/α-hetero) is 1. The van der Waals surface area contributed by atoms with Gasteiger partial charge in [-0.2, -0.15) is 0 Å². The third-order valence-electron chi connectivity index (χ3n) is 1.40. The van der Waals surface area contributed by atoms with Crippen LogP contribution in [0.2, 0.25) is 0 Å². The van der Waals surface area contributed by atoms with E-state index in [9.17, 15) is 4.79 Å². The standard InChI is InChI=1S/C7H10N2O/c1-5(10)7(8)6-3-2-4-9-6/h2-4,7,9H,8H2,1H3. The van der Waals surface area contributed by atoms with Gasteiger partial charge in [-0.15, -0.1) is 0 Å². The summed E-state index contributed by atoms with van der Waals surface area (Å²) in [5.74, 6) is -0.0255. The number of carbonyl (C=O) groups is 1. The van der Waals surface area contributed by atoms with Crippen molar-refractivity contribution in [3.8, 4) is 0 Å².